The number of pyridine rings is 1. The summed E-state index contributed by atoms with van der Waals surface area (Å²) in [5.41, 5.74) is -1.76. The molecule has 18 heavy (non-hydrogen) atoms. The van der Waals surface area contributed by atoms with Gasteiger partial charge in [-0.3, -0.25) is 10.1 Å². The van der Waals surface area contributed by atoms with Crippen LogP contribution in [-0.4, -0.2) is 16.5 Å². The van der Waals surface area contributed by atoms with Gasteiger partial charge >= 0.3 is 11.9 Å². The molecule has 0 aliphatic carbocycles. The standard InChI is InChI=1S/C10H12F3N3O2/c1-2-3-4-14-7-5-9(10(11,12)13)15-6-8(7)16(17)18/h5-6H,2-4H2,1H3,(H,14,15). The number of halogens is 3. The zero-order valence-corrected chi connectivity index (χ0v) is 9.62. The first-order valence-corrected chi connectivity index (χ1v) is 5.31. The molecule has 0 bridgehead atoms. The van der Waals surface area contributed by atoms with Crippen molar-refractivity contribution in [2.24, 2.45) is 0 Å². The molecule has 100 valence electrons. The summed E-state index contributed by atoms with van der Waals surface area (Å²) in [5, 5.41) is 13.3. The number of hydrogen-bond donors (Lipinski definition) is 1. The van der Waals surface area contributed by atoms with Crippen molar-refractivity contribution in [3.05, 3.63) is 28.1 Å². The minimum absolute atomic E-state index is 0.157. The van der Waals surface area contributed by atoms with Crippen LogP contribution in [0.1, 0.15) is 25.5 Å². The van der Waals surface area contributed by atoms with Gasteiger partial charge < -0.3 is 5.32 Å². The van der Waals surface area contributed by atoms with Crippen molar-refractivity contribution in [1.82, 2.24) is 4.98 Å². The third-order valence-electron chi connectivity index (χ3n) is 2.22. The van der Waals surface area contributed by atoms with Gasteiger partial charge in [-0.15, -0.1) is 0 Å². The molecule has 0 radical (unpaired) electrons. The summed E-state index contributed by atoms with van der Waals surface area (Å²) in [6, 6.07) is 0.661. The Labute approximate surface area is 101 Å². The molecule has 1 N–H and O–H groups in total. The lowest BCUT2D eigenvalue weighted by Gasteiger charge is -2.10. The Kier molecular flexibility index (Phi) is 4.46. The van der Waals surface area contributed by atoms with Gasteiger partial charge in [0.05, 0.1) is 4.92 Å². The van der Waals surface area contributed by atoms with E-state index in [9.17, 15) is 23.3 Å². The zero-order valence-electron chi connectivity index (χ0n) is 9.62. The SMILES string of the molecule is CCCCNc1cc(C(F)(F)F)ncc1[N+](=O)[O-]. The molecule has 0 aliphatic heterocycles. The summed E-state index contributed by atoms with van der Waals surface area (Å²) >= 11 is 0. The van der Waals surface area contributed by atoms with Crippen LogP contribution in [0.15, 0.2) is 12.3 Å². The highest BCUT2D eigenvalue weighted by molar-refractivity contribution is 5.61. The number of aromatic nitrogens is 1. The van der Waals surface area contributed by atoms with Gasteiger partial charge in [0.15, 0.2) is 0 Å². The molecule has 8 heteroatoms. The van der Waals surface area contributed by atoms with Gasteiger partial charge in [0.25, 0.3) is 0 Å². The van der Waals surface area contributed by atoms with Crippen molar-refractivity contribution in [2.45, 2.75) is 25.9 Å². The maximum atomic E-state index is 12.4. The maximum Gasteiger partial charge on any atom is 0.433 e. The van der Waals surface area contributed by atoms with E-state index >= 15 is 0 Å². The second kappa shape index (κ2) is 5.65. The second-order valence-electron chi connectivity index (χ2n) is 3.62. The van der Waals surface area contributed by atoms with Gasteiger partial charge in [-0.1, -0.05) is 13.3 Å². The topological polar surface area (TPSA) is 68.1 Å². The van der Waals surface area contributed by atoms with E-state index in [0.717, 1.165) is 6.42 Å². The summed E-state index contributed by atoms with van der Waals surface area (Å²) in [7, 11) is 0. The predicted octanol–water partition coefficient (Wildman–Crippen LogP) is 3.22. The molecule has 0 saturated carbocycles. The van der Waals surface area contributed by atoms with Crippen LogP contribution in [0.25, 0.3) is 0 Å². The van der Waals surface area contributed by atoms with Gasteiger partial charge in [-0.05, 0) is 12.5 Å². The summed E-state index contributed by atoms with van der Waals surface area (Å²) in [6.07, 6.45) is -2.45. The van der Waals surface area contributed by atoms with E-state index in [0.29, 0.717) is 25.2 Å². The normalized spacial score (nSPS) is 11.3. The molecule has 1 heterocycles. The summed E-state index contributed by atoms with van der Waals surface area (Å²) in [5.74, 6) is 0. The number of nitro groups is 1. The van der Waals surface area contributed by atoms with Crippen molar-refractivity contribution in [2.75, 3.05) is 11.9 Å². The van der Waals surface area contributed by atoms with Gasteiger partial charge in [-0.2, -0.15) is 13.2 Å². The molecule has 0 spiro atoms. The first kappa shape index (κ1) is 14.2. The Hall–Kier alpha value is -1.86. The monoisotopic (exact) mass is 263 g/mol. The lowest BCUT2D eigenvalue weighted by molar-refractivity contribution is -0.384. The van der Waals surface area contributed by atoms with Crippen molar-refractivity contribution in [3.63, 3.8) is 0 Å². The highest BCUT2D eigenvalue weighted by atomic mass is 19.4. The van der Waals surface area contributed by atoms with E-state index in [1.54, 1.807) is 0 Å². The van der Waals surface area contributed by atoms with E-state index in [-0.39, 0.29) is 5.69 Å². The van der Waals surface area contributed by atoms with Gasteiger partial charge in [0.1, 0.15) is 17.6 Å². The number of unbranched alkanes of at least 4 members (excludes halogenated alkanes) is 1. The maximum absolute atomic E-state index is 12.4. The number of alkyl halides is 3. The van der Waals surface area contributed by atoms with Gasteiger partial charge in [0.2, 0.25) is 0 Å². The van der Waals surface area contributed by atoms with Crippen molar-refractivity contribution in [3.8, 4) is 0 Å². The zero-order chi connectivity index (χ0) is 13.8. The minimum Gasteiger partial charge on any atom is -0.379 e. The number of nitrogens with zero attached hydrogens (tertiary/aromatic N) is 2. The molecule has 1 aromatic heterocycles. The molecular weight excluding hydrogens is 251 g/mol. The first-order valence-electron chi connectivity index (χ1n) is 5.31. The predicted molar refractivity (Wildman–Crippen MR) is 59.3 cm³/mol. The Bertz CT molecular complexity index is 435. The van der Waals surface area contributed by atoms with E-state index in [1.807, 2.05) is 6.92 Å². The Balaban J connectivity index is 3.04. The number of hydrogen-bond acceptors (Lipinski definition) is 4. The van der Waals surface area contributed by atoms with E-state index in [2.05, 4.69) is 10.3 Å². The molecule has 0 fully saturated rings. The van der Waals surface area contributed by atoms with E-state index in [1.165, 1.54) is 0 Å². The largest absolute Gasteiger partial charge is 0.433 e. The van der Waals surface area contributed by atoms with Crippen LogP contribution in [0.5, 0.6) is 0 Å². The quantitative estimate of drug-likeness (QED) is 0.503. The Morgan fingerprint density at radius 1 is 1.50 bits per heavy atom. The average Bonchev–Trinajstić information content (AvgIpc) is 2.27. The molecule has 0 aliphatic rings. The van der Waals surface area contributed by atoms with Crippen LogP contribution >= 0.6 is 0 Å². The molecule has 0 unspecified atom stereocenters. The lowest BCUT2D eigenvalue weighted by Crippen LogP contribution is -2.11. The minimum atomic E-state index is -4.61. The second-order valence-corrected chi connectivity index (χ2v) is 3.62. The third kappa shape index (κ3) is 3.57. The molecule has 0 atom stereocenters. The van der Waals surface area contributed by atoms with Crippen LogP contribution in [-0.2, 0) is 6.18 Å². The van der Waals surface area contributed by atoms with Crippen molar-refractivity contribution >= 4 is 11.4 Å². The smallest absolute Gasteiger partial charge is 0.379 e. The molecule has 1 rings (SSSR count). The summed E-state index contributed by atoms with van der Waals surface area (Å²) in [6.45, 7) is 2.28. The Morgan fingerprint density at radius 2 is 2.17 bits per heavy atom. The van der Waals surface area contributed by atoms with Crippen molar-refractivity contribution in [1.29, 1.82) is 0 Å². The van der Waals surface area contributed by atoms with E-state index in [4.69, 9.17) is 0 Å². The number of nitrogens with one attached hydrogen (secondary N) is 1. The molecule has 0 saturated heterocycles. The van der Waals surface area contributed by atoms with Gasteiger partial charge in [0, 0.05) is 6.54 Å². The highest BCUT2D eigenvalue weighted by Crippen LogP contribution is 2.32. The van der Waals surface area contributed by atoms with Crippen LogP contribution < -0.4 is 5.32 Å². The highest BCUT2D eigenvalue weighted by Gasteiger charge is 2.34. The fourth-order valence-corrected chi connectivity index (χ4v) is 1.29. The average molecular weight is 263 g/mol. The van der Waals surface area contributed by atoms with Crippen LogP contribution in [0.3, 0.4) is 0 Å². The van der Waals surface area contributed by atoms with Crippen molar-refractivity contribution < 1.29 is 18.1 Å². The van der Waals surface area contributed by atoms with Gasteiger partial charge in [-0.25, -0.2) is 4.98 Å². The molecular formula is C10H12F3N3O2. The molecule has 5 nitrogen and oxygen atoms in total. The van der Waals surface area contributed by atoms with Crippen LogP contribution in [0.2, 0.25) is 0 Å². The summed E-state index contributed by atoms with van der Waals surface area (Å²) in [4.78, 5) is 13.0. The fourth-order valence-electron chi connectivity index (χ4n) is 1.29. The third-order valence-corrected chi connectivity index (χ3v) is 2.22. The van der Waals surface area contributed by atoms with E-state index < -0.39 is 22.5 Å². The lowest BCUT2D eigenvalue weighted by atomic mass is 10.2. The first-order chi connectivity index (χ1) is 8.36. The fraction of sp³-hybridized carbons (Fsp3) is 0.500. The number of rotatable bonds is 5. The molecule has 1 aromatic rings. The number of anilines is 1. The summed E-state index contributed by atoms with van der Waals surface area (Å²) < 4.78 is 37.3. The molecule has 0 aromatic carbocycles. The Morgan fingerprint density at radius 3 is 2.67 bits per heavy atom. The molecule has 0 amide bonds. The van der Waals surface area contributed by atoms with Crippen LogP contribution in [0, 0.1) is 10.1 Å². The van der Waals surface area contributed by atoms with Crippen LogP contribution in [0.4, 0.5) is 24.5 Å².